The summed E-state index contributed by atoms with van der Waals surface area (Å²) in [6.45, 7) is 3.93. The topological polar surface area (TPSA) is 108 Å². The molecule has 2 amide bonds. The molecule has 152 valence electrons. The lowest BCUT2D eigenvalue weighted by Gasteiger charge is -2.29. The minimum absolute atomic E-state index is 0.166. The molecule has 0 unspecified atom stereocenters. The van der Waals surface area contributed by atoms with Crippen LogP contribution >= 0.6 is 0 Å². The van der Waals surface area contributed by atoms with Gasteiger partial charge in [-0.1, -0.05) is 6.07 Å². The summed E-state index contributed by atoms with van der Waals surface area (Å²) in [6.07, 6.45) is 1.83. The van der Waals surface area contributed by atoms with Gasteiger partial charge in [-0.15, -0.1) is 5.10 Å². The number of rotatable bonds is 8. The molecule has 10 heteroatoms. The first-order chi connectivity index (χ1) is 13.7. The van der Waals surface area contributed by atoms with Crippen LogP contribution in [0.15, 0.2) is 24.3 Å². The highest BCUT2D eigenvalue weighted by Crippen LogP contribution is 2.16. The maximum atomic E-state index is 12.3. The van der Waals surface area contributed by atoms with Crippen molar-refractivity contribution in [3.63, 3.8) is 0 Å². The second-order valence-corrected chi connectivity index (χ2v) is 6.84. The largest absolute Gasteiger partial charge is 0.497 e. The number of benzene rings is 1. The van der Waals surface area contributed by atoms with Gasteiger partial charge in [0.05, 0.1) is 33.4 Å². The summed E-state index contributed by atoms with van der Waals surface area (Å²) in [5.74, 6) is 1.58. The van der Waals surface area contributed by atoms with Gasteiger partial charge in [-0.3, -0.25) is 0 Å². The third-order valence-electron chi connectivity index (χ3n) is 4.88. The van der Waals surface area contributed by atoms with E-state index in [9.17, 15) is 4.79 Å². The number of hydrogen-bond acceptors (Lipinski definition) is 6. The molecule has 2 aromatic rings. The summed E-state index contributed by atoms with van der Waals surface area (Å²) in [5, 5.41) is 17.8. The first-order valence-electron chi connectivity index (χ1n) is 9.47. The van der Waals surface area contributed by atoms with Crippen molar-refractivity contribution in [3.05, 3.63) is 30.1 Å². The molecular weight excluding hydrogens is 362 g/mol. The molecule has 0 spiro atoms. The number of ether oxygens (including phenoxy) is 2. The summed E-state index contributed by atoms with van der Waals surface area (Å²) >= 11 is 0. The summed E-state index contributed by atoms with van der Waals surface area (Å²) in [5.41, 5.74) is 0.711. The van der Waals surface area contributed by atoms with E-state index in [2.05, 4.69) is 26.2 Å². The number of aromatic nitrogens is 4. The van der Waals surface area contributed by atoms with Crippen LogP contribution in [0.5, 0.6) is 5.75 Å². The average molecular weight is 390 g/mol. The molecule has 10 nitrogen and oxygen atoms in total. The number of piperidine rings is 1. The lowest BCUT2D eigenvalue weighted by molar-refractivity contribution is -0.919. The standard InChI is InChI=1S/C18H27N7O3/c1-27-11-10-25-17(21-22-23-25)13-24-8-6-14(7-9-24)19-18(26)20-15-4-3-5-16(12-15)28-2/h3-5,12,14H,6-11,13H2,1-2H3,(H2,19,20,26)/p+1. The summed E-state index contributed by atoms with van der Waals surface area (Å²) in [4.78, 5) is 13.7. The summed E-state index contributed by atoms with van der Waals surface area (Å²) in [7, 11) is 3.27. The SMILES string of the molecule is COCCn1nnnc1C[NH+]1CCC(NC(=O)Nc2cccc(OC)c2)CC1. The van der Waals surface area contributed by atoms with Crippen molar-refractivity contribution < 1.29 is 19.2 Å². The highest BCUT2D eigenvalue weighted by molar-refractivity contribution is 5.89. The number of anilines is 1. The Morgan fingerprint density at radius 3 is 2.89 bits per heavy atom. The number of quaternary nitrogens is 1. The molecule has 2 heterocycles. The number of nitrogens with one attached hydrogen (secondary N) is 3. The monoisotopic (exact) mass is 390 g/mol. The zero-order valence-electron chi connectivity index (χ0n) is 16.4. The number of likely N-dealkylation sites (tertiary alicyclic amines) is 1. The fraction of sp³-hybridized carbons (Fsp3) is 0.556. The Hall–Kier alpha value is -2.72. The average Bonchev–Trinajstić information content (AvgIpc) is 3.14. The number of nitrogens with zero attached hydrogens (tertiary/aromatic N) is 4. The zero-order valence-corrected chi connectivity index (χ0v) is 16.4. The van der Waals surface area contributed by atoms with Crippen LogP contribution in [0.4, 0.5) is 10.5 Å². The Labute approximate surface area is 164 Å². The molecule has 1 fully saturated rings. The third-order valence-corrected chi connectivity index (χ3v) is 4.88. The van der Waals surface area contributed by atoms with E-state index in [1.807, 2.05) is 18.2 Å². The highest BCUT2D eigenvalue weighted by atomic mass is 16.5. The van der Waals surface area contributed by atoms with E-state index >= 15 is 0 Å². The number of amides is 2. The van der Waals surface area contributed by atoms with Crippen LogP contribution < -0.4 is 20.3 Å². The number of methoxy groups -OCH3 is 2. The minimum atomic E-state index is -0.190. The number of urea groups is 1. The smallest absolute Gasteiger partial charge is 0.319 e. The number of tetrazole rings is 1. The lowest BCUT2D eigenvalue weighted by Crippen LogP contribution is -3.12. The van der Waals surface area contributed by atoms with E-state index in [4.69, 9.17) is 9.47 Å². The lowest BCUT2D eigenvalue weighted by atomic mass is 10.1. The Balaban J connectivity index is 1.42. The Morgan fingerprint density at radius 1 is 1.32 bits per heavy atom. The molecule has 28 heavy (non-hydrogen) atoms. The molecule has 3 rings (SSSR count). The van der Waals surface area contributed by atoms with Crippen LogP contribution in [0, 0.1) is 0 Å². The van der Waals surface area contributed by atoms with Gasteiger partial charge in [0.15, 0.2) is 0 Å². The number of hydrogen-bond donors (Lipinski definition) is 3. The van der Waals surface area contributed by atoms with Crippen molar-refractivity contribution in [2.75, 3.05) is 39.2 Å². The van der Waals surface area contributed by atoms with Crippen molar-refractivity contribution in [2.24, 2.45) is 0 Å². The van der Waals surface area contributed by atoms with E-state index in [0.717, 1.165) is 38.3 Å². The van der Waals surface area contributed by atoms with Crippen LogP contribution in [0.25, 0.3) is 0 Å². The van der Waals surface area contributed by atoms with E-state index in [1.54, 1.807) is 25.0 Å². The second-order valence-electron chi connectivity index (χ2n) is 6.84. The van der Waals surface area contributed by atoms with Crippen LogP contribution in [-0.2, 0) is 17.8 Å². The van der Waals surface area contributed by atoms with Crippen LogP contribution in [0.2, 0.25) is 0 Å². The van der Waals surface area contributed by atoms with Crippen molar-refractivity contribution >= 4 is 11.7 Å². The van der Waals surface area contributed by atoms with Gasteiger partial charge >= 0.3 is 6.03 Å². The quantitative estimate of drug-likeness (QED) is 0.571. The van der Waals surface area contributed by atoms with Crippen molar-refractivity contribution in [3.8, 4) is 5.75 Å². The van der Waals surface area contributed by atoms with Gasteiger partial charge in [0.2, 0.25) is 5.82 Å². The van der Waals surface area contributed by atoms with Crippen molar-refractivity contribution in [2.45, 2.75) is 32.0 Å². The molecule has 0 aliphatic carbocycles. The maximum absolute atomic E-state index is 12.3. The summed E-state index contributed by atoms with van der Waals surface area (Å²) < 4.78 is 12.1. The molecule has 0 atom stereocenters. The predicted octanol–water partition coefficient (Wildman–Crippen LogP) is -0.303. The van der Waals surface area contributed by atoms with Crippen molar-refractivity contribution in [1.82, 2.24) is 25.5 Å². The van der Waals surface area contributed by atoms with E-state index < -0.39 is 0 Å². The number of carbonyl (C=O) groups excluding carboxylic acids is 1. The highest BCUT2D eigenvalue weighted by Gasteiger charge is 2.25. The molecule has 1 aliphatic rings. The van der Waals surface area contributed by atoms with Gasteiger partial charge in [0, 0.05) is 37.7 Å². The predicted molar refractivity (Wildman–Crippen MR) is 102 cm³/mol. The van der Waals surface area contributed by atoms with E-state index in [1.165, 1.54) is 4.90 Å². The molecule has 1 aromatic carbocycles. The maximum Gasteiger partial charge on any atom is 0.319 e. The van der Waals surface area contributed by atoms with Gasteiger partial charge in [-0.2, -0.15) is 0 Å². The Bertz CT molecular complexity index is 759. The zero-order chi connectivity index (χ0) is 19.8. The third kappa shape index (κ3) is 5.64. The summed E-state index contributed by atoms with van der Waals surface area (Å²) in [6, 6.07) is 7.29. The van der Waals surface area contributed by atoms with Crippen LogP contribution in [0.1, 0.15) is 18.7 Å². The molecular formula is C18H28N7O3+. The van der Waals surface area contributed by atoms with Gasteiger partial charge < -0.3 is 25.0 Å². The van der Waals surface area contributed by atoms with Gasteiger partial charge in [0.25, 0.3) is 0 Å². The molecule has 1 aliphatic heterocycles. The fourth-order valence-corrected chi connectivity index (χ4v) is 3.33. The van der Waals surface area contributed by atoms with Crippen LogP contribution in [-0.4, -0.2) is 66.2 Å². The first kappa shape index (κ1) is 20.0. The first-order valence-corrected chi connectivity index (χ1v) is 9.47. The molecule has 1 saturated heterocycles. The Morgan fingerprint density at radius 2 is 2.14 bits per heavy atom. The van der Waals surface area contributed by atoms with Gasteiger partial charge in [0.1, 0.15) is 12.3 Å². The van der Waals surface area contributed by atoms with Crippen molar-refractivity contribution in [1.29, 1.82) is 0 Å². The van der Waals surface area contributed by atoms with E-state index in [0.29, 0.717) is 24.6 Å². The Kier molecular flexibility index (Phi) is 7.15. The van der Waals surface area contributed by atoms with Gasteiger partial charge in [-0.05, 0) is 22.6 Å². The second kappa shape index (κ2) is 10.00. The number of carbonyl (C=O) groups is 1. The van der Waals surface area contributed by atoms with Gasteiger partial charge in [-0.25, -0.2) is 9.48 Å². The van der Waals surface area contributed by atoms with Crippen LogP contribution in [0.3, 0.4) is 0 Å². The molecule has 0 radical (unpaired) electrons. The normalized spacial score (nSPS) is 19.2. The molecule has 1 aromatic heterocycles. The fourth-order valence-electron chi connectivity index (χ4n) is 3.33. The molecule has 3 N–H and O–H groups in total. The minimum Gasteiger partial charge on any atom is -0.497 e. The molecule has 0 saturated carbocycles. The molecule has 0 bridgehead atoms. The van der Waals surface area contributed by atoms with E-state index in [-0.39, 0.29) is 12.1 Å².